The van der Waals surface area contributed by atoms with Crippen molar-refractivity contribution >= 4 is 23.2 Å². The summed E-state index contributed by atoms with van der Waals surface area (Å²) in [6.07, 6.45) is 3.08. The molecule has 5 nitrogen and oxygen atoms in total. The van der Waals surface area contributed by atoms with Crippen molar-refractivity contribution in [2.75, 3.05) is 24.1 Å². The molecule has 0 unspecified atom stereocenters. The van der Waals surface area contributed by atoms with Crippen molar-refractivity contribution in [1.82, 2.24) is 4.90 Å². The van der Waals surface area contributed by atoms with Crippen LogP contribution in [0.3, 0.4) is 0 Å². The lowest BCUT2D eigenvalue weighted by Gasteiger charge is -2.18. The van der Waals surface area contributed by atoms with Gasteiger partial charge in [0, 0.05) is 25.2 Å². The molecule has 2 aromatic rings. The molecule has 25 heavy (non-hydrogen) atoms. The predicted octanol–water partition coefficient (Wildman–Crippen LogP) is 3.08. The van der Waals surface area contributed by atoms with Crippen molar-refractivity contribution < 1.29 is 9.59 Å². The summed E-state index contributed by atoms with van der Waals surface area (Å²) in [7, 11) is 0. The fourth-order valence-electron chi connectivity index (χ4n) is 3.02. The Balaban J connectivity index is 1.62. The van der Waals surface area contributed by atoms with Crippen LogP contribution in [0.15, 0.2) is 48.5 Å². The highest BCUT2D eigenvalue weighted by Crippen LogP contribution is 2.20. The highest BCUT2D eigenvalue weighted by molar-refractivity contribution is 6.03. The maximum absolute atomic E-state index is 12.6. The molecule has 1 aliphatic rings. The van der Waals surface area contributed by atoms with Crippen LogP contribution in [0.5, 0.6) is 0 Å². The molecule has 130 valence electrons. The molecule has 0 atom stereocenters. The normalized spacial score (nSPS) is 13.7. The fraction of sp³-hybridized carbons (Fsp3) is 0.300. The fourth-order valence-corrected chi connectivity index (χ4v) is 3.02. The van der Waals surface area contributed by atoms with Crippen molar-refractivity contribution in [2.24, 2.45) is 0 Å². The molecule has 5 heteroatoms. The highest BCUT2D eigenvalue weighted by atomic mass is 16.2. The number of likely N-dealkylation sites (tertiary alicyclic amines) is 1. The van der Waals surface area contributed by atoms with Crippen LogP contribution in [-0.4, -0.2) is 29.8 Å². The predicted molar refractivity (Wildman–Crippen MR) is 99.4 cm³/mol. The van der Waals surface area contributed by atoms with Gasteiger partial charge >= 0.3 is 0 Å². The van der Waals surface area contributed by atoms with Crippen LogP contribution in [0.2, 0.25) is 0 Å². The van der Waals surface area contributed by atoms with Crippen LogP contribution in [0.1, 0.15) is 35.2 Å². The molecule has 0 aromatic heterocycles. The highest BCUT2D eigenvalue weighted by Gasteiger charge is 2.22. The van der Waals surface area contributed by atoms with Gasteiger partial charge in [-0.1, -0.05) is 24.3 Å². The van der Waals surface area contributed by atoms with Gasteiger partial charge in [0.2, 0.25) is 5.91 Å². The summed E-state index contributed by atoms with van der Waals surface area (Å²) in [6.45, 7) is 1.58. The van der Waals surface area contributed by atoms with Crippen molar-refractivity contribution in [3.05, 3.63) is 59.7 Å². The van der Waals surface area contributed by atoms with Gasteiger partial charge in [-0.15, -0.1) is 0 Å². The van der Waals surface area contributed by atoms with Gasteiger partial charge < -0.3 is 16.0 Å². The summed E-state index contributed by atoms with van der Waals surface area (Å²) >= 11 is 0. The number of amides is 2. The first-order chi connectivity index (χ1) is 12.1. The second kappa shape index (κ2) is 7.83. The second-order valence-corrected chi connectivity index (χ2v) is 6.33. The molecule has 1 heterocycles. The minimum Gasteiger partial charge on any atom is -0.399 e. The van der Waals surface area contributed by atoms with Crippen LogP contribution >= 0.6 is 0 Å². The minimum atomic E-state index is -0.0986. The second-order valence-electron chi connectivity index (χ2n) is 6.33. The number of carbonyl (C=O) groups excluding carboxylic acids is 2. The Labute approximate surface area is 147 Å². The number of nitrogens with two attached hydrogens (primary N) is 1. The molecule has 1 aliphatic heterocycles. The lowest BCUT2D eigenvalue weighted by molar-refractivity contribution is -0.116. The SMILES string of the molecule is Nc1ccc(CCC(=O)Nc2ccccc2C(=O)N2CCCC2)cc1. The molecule has 0 spiro atoms. The number of nitrogen functional groups attached to an aromatic ring is 1. The van der Waals surface area contributed by atoms with Gasteiger partial charge in [0.15, 0.2) is 0 Å². The van der Waals surface area contributed by atoms with Gasteiger partial charge in [-0.2, -0.15) is 0 Å². The quantitative estimate of drug-likeness (QED) is 0.823. The third-order valence-electron chi connectivity index (χ3n) is 4.45. The zero-order valence-electron chi connectivity index (χ0n) is 14.2. The number of hydrogen-bond acceptors (Lipinski definition) is 3. The molecular weight excluding hydrogens is 314 g/mol. The zero-order chi connectivity index (χ0) is 17.6. The molecular formula is C20H23N3O2. The Kier molecular flexibility index (Phi) is 5.33. The van der Waals surface area contributed by atoms with Gasteiger partial charge in [0.05, 0.1) is 11.3 Å². The van der Waals surface area contributed by atoms with Crippen LogP contribution in [0.4, 0.5) is 11.4 Å². The summed E-state index contributed by atoms with van der Waals surface area (Å²) in [5.74, 6) is -0.106. The van der Waals surface area contributed by atoms with E-state index in [1.165, 1.54) is 0 Å². The van der Waals surface area contributed by atoms with Crippen molar-refractivity contribution in [3.8, 4) is 0 Å². The third kappa shape index (κ3) is 4.38. The zero-order valence-corrected chi connectivity index (χ0v) is 14.2. The summed E-state index contributed by atoms with van der Waals surface area (Å²) in [5, 5.41) is 2.89. The molecule has 0 radical (unpaired) electrons. The summed E-state index contributed by atoms with van der Waals surface area (Å²) < 4.78 is 0. The number of benzene rings is 2. The van der Waals surface area contributed by atoms with Gasteiger partial charge in [0.1, 0.15) is 0 Å². The lowest BCUT2D eigenvalue weighted by Crippen LogP contribution is -2.28. The van der Waals surface area contributed by atoms with Crippen LogP contribution in [0.25, 0.3) is 0 Å². The van der Waals surface area contributed by atoms with Gasteiger partial charge in [0.25, 0.3) is 5.91 Å². The van der Waals surface area contributed by atoms with Gasteiger partial charge in [-0.05, 0) is 49.1 Å². The Morgan fingerprint density at radius 3 is 2.40 bits per heavy atom. The first kappa shape index (κ1) is 17.0. The standard InChI is InChI=1S/C20H23N3O2/c21-16-10-7-15(8-11-16)9-12-19(24)22-18-6-2-1-5-17(18)20(25)23-13-3-4-14-23/h1-2,5-8,10-11H,3-4,9,12-14,21H2,(H,22,24). The van der Waals surface area contributed by atoms with E-state index in [-0.39, 0.29) is 11.8 Å². The van der Waals surface area contributed by atoms with Gasteiger partial charge in [-0.3, -0.25) is 9.59 Å². The summed E-state index contributed by atoms with van der Waals surface area (Å²) in [5.41, 5.74) is 8.58. The van der Waals surface area contributed by atoms with E-state index >= 15 is 0 Å². The van der Waals surface area contributed by atoms with E-state index in [4.69, 9.17) is 5.73 Å². The molecule has 3 N–H and O–H groups in total. The first-order valence-electron chi connectivity index (χ1n) is 8.66. The number of hydrogen-bond donors (Lipinski definition) is 2. The number of rotatable bonds is 5. The molecule has 1 fully saturated rings. The van der Waals surface area contributed by atoms with Crippen molar-refractivity contribution in [2.45, 2.75) is 25.7 Å². The van der Waals surface area contributed by atoms with E-state index < -0.39 is 0 Å². The smallest absolute Gasteiger partial charge is 0.255 e. The number of nitrogens with one attached hydrogen (secondary N) is 1. The molecule has 1 saturated heterocycles. The maximum Gasteiger partial charge on any atom is 0.255 e. The Bertz CT molecular complexity index is 750. The molecule has 2 amide bonds. The monoisotopic (exact) mass is 337 g/mol. The molecule has 0 bridgehead atoms. The number of carbonyl (C=O) groups is 2. The van der Waals surface area contributed by atoms with E-state index in [2.05, 4.69) is 5.32 Å². The van der Waals surface area contributed by atoms with E-state index in [0.717, 1.165) is 31.5 Å². The number of para-hydroxylation sites is 1. The third-order valence-corrected chi connectivity index (χ3v) is 4.45. The summed E-state index contributed by atoms with van der Waals surface area (Å²) in [6, 6.07) is 14.7. The Hall–Kier alpha value is -2.82. The number of aryl methyl sites for hydroxylation is 1. The van der Waals surface area contributed by atoms with Crippen LogP contribution in [0, 0.1) is 0 Å². The molecule has 0 aliphatic carbocycles. The van der Waals surface area contributed by atoms with E-state index in [9.17, 15) is 9.59 Å². The number of nitrogens with zero attached hydrogens (tertiary/aromatic N) is 1. The van der Waals surface area contributed by atoms with E-state index in [1.807, 2.05) is 41.3 Å². The van der Waals surface area contributed by atoms with Gasteiger partial charge in [-0.25, -0.2) is 0 Å². The largest absolute Gasteiger partial charge is 0.399 e. The maximum atomic E-state index is 12.6. The first-order valence-corrected chi connectivity index (χ1v) is 8.66. The summed E-state index contributed by atoms with van der Waals surface area (Å²) in [4.78, 5) is 26.8. The topological polar surface area (TPSA) is 75.4 Å². The average Bonchev–Trinajstić information content (AvgIpc) is 3.16. The average molecular weight is 337 g/mol. The van der Waals surface area contributed by atoms with Crippen LogP contribution in [-0.2, 0) is 11.2 Å². The Morgan fingerprint density at radius 1 is 1.00 bits per heavy atom. The number of anilines is 2. The van der Waals surface area contributed by atoms with E-state index in [1.54, 1.807) is 12.1 Å². The van der Waals surface area contributed by atoms with Crippen molar-refractivity contribution in [1.29, 1.82) is 0 Å². The van der Waals surface area contributed by atoms with E-state index in [0.29, 0.717) is 29.8 Å². The molecule has 0 saturated carbocycles. The van der Waals surface area contributed by atoms with Crippen molar-refractivity contribution in [3.63, 3.8) is 0 Å². The van der Waals surface area contributed by atoms with Crippen LogP contribution < -0.4 is 11.1 Å². The Morgan fingerprint density at radius 2 is 1.68 bits per heavy atom. The lowest BCUT2D eigenvalue weighted by atomic mass is 10.1. The molecule has 2 aromatic carbocycles. The minimum absolute atomic E-state index is 0.00747. The molecule has 3 rings (SSSR count).